The summed E-state index contributed by atoms with van der Waals surface area (Å²) in [7, 11) is 1.53. The third kappa shape index (κ3) is 3.15. The molecule has 2 N–H and O–H groups in total. The summed E-state index contributed by atoms with van der Waals surface area (Å²) in [5.74, 6) is -1.75. The maximum atomic E-state index is 11.6. The van der Waals surface area contributed by atoms with Gasteiger partial charge in [0.15, 0.2) is 5.79 Å². The number of aliphatic hydroxyl groups is 2. The van der Waals surface area contributed by atoms with Gasteiger partial charge in [0.05, 0.1) is 5.92 Å². The summed E-state index contributed by atoms with van der Waals surface area (Å²) >= 11 is 0. The van der Waals surface area contributed by atoms with Gasteiger partial charge in [-0.2, -0.15) is 0 Å². The number of benzene rings is 1. The lowest BCUT2D eigenvalue weighted by atomic mass is 9.64. The van der Waals surface area contributed by atoms with E-state index in [1.54, 1.807) is 6.08 Å². The Kier molecular flexibility index (Phi) is 4.73. The summed E-state index contributed by atoms with van der Waals surface area (Å²) < 4.78 is 5.70. The summed E-state index contributed by atoms with van der Waals surface area (Å²) in [6.07, 6.45) is 1.68. The van der Waals surface area contributed by atoms with Crippen molar-refractivity contribution in [3.8, 4) is 0 Å². The molecule has 0 radical (unpaired) electrons. The number of methoxy groups -OCH3 is 1. The van der Waals surface area contributed by atoms with Crippen molar-refractivity contribution in [3.63, 3.8) is 0 Å². The molecule has 0 saturated heterocycles. The molecule has 0 saturated carbocycles. The molecule has 1 aromatic rings. The monoisotopic (exact) mass is 330 g/mol. The highest BCUT2D eigenvalue weighted by molar-refractivity contribution is 5.48. The molecular formula is C21H30O3. The molecule has 3 heteroatoms. The van der Waals surface area contributed by atoms with Crippen LogP contribution in [0.15, 0.2) is 53.3 Å². The fourth-order valence-electron chi connectivity index (χ4n) is 3.65. The molecule has 2 atom stereocenters. The number of hydrogen-bond donors (Lipinski definition) is 2. The van der Waals surface area contributed by atoms with Crippen molar-refractivity contribution < 1.29 is 14.9 Å². The van der Waals surface area contributed by atoms with E-state index in [-0.39, 0.29) is 16.6 Å². The van der Waals surface area contributed by atoms with E-state index in [9.17, 15) is 10.2 Å². The molecule has 2 unspecified atom stereocenters. The van der Waals surface area contributed by atoms with Gasteiger partial charge in [-0.25, -0.2) is 0 Å². The molecule has 0 aliphatic heterocycles. The second-order valence-electron chi connectivity index (χ2n) is 8.60. The number of ether oxygens (including phenoxy) is 1. The molecule has 24 heavy (non-hydrogen) atoms. The van der Waals surface area contributed by atoms with E-state index in [4.69, 9.17) is 4.74 Å². The quantitative estimate of drug-likeness (QED) is 0.754. The van der Waals surface area contributed by atoms with Gasteiger partial charge in [0, 0.05) is 7.11 Å². The number of rotatable bonds is 2. The van der Waals surface area contributed by atoms with E-state index in [0.717, 1.165) is 11.1 Å². The molecule has 3 nitrogen and oxygen atoms in total. The SMILES string of the molecule is COC1(O)C(C(C)(C)C)=CC(O)=C(C(C)(C)C)C1c1ccccc1. The predicted molar refractivity (Wildman–Crippen MR) is 97.8 cm³/mol. The lowest BCUT2D eigenvalue weighted by Crippen LogP contribution is -2.48. The molecule has 0 aromatic heterocycles. The Labute approximate surface area is 145 Å². The van der Waals surface area contributed by atoms with Crippen LogP contribution in [-0.4, -0.2) is 23.1 Å². The van der Waals surface area contributed by atoms with Gasteiger partial charge in [0.25, 0.3) is 0 Å². The average molecular weight is 330 g/mol. The molecular weight excluding hydrogens is 300 g/mol. The first kappa shape index (κ1) is 18.8. The fourth-order valence-corrected chi connectivity index (χ4v) is 3.65. The largest absolute Gasteiger partial charge is 0.508 e. The molecule has 0 fully saturated rings. The zero-order valence-corrected chi connectivity index (χ0v) is 15.8. The van der Waals surface area contributed by atoms with Crippen LogP contribution in [0.3, 0.4) is 0 Å². The highest BCUT2D eigenvalue weighted by atomic mass is 16.6. The van der Waals surface area contributed by atoms with Gasteiger partial charge in [-0.15, -0.1) is 0 Å². The Balaban J connectivity index is 2.82. The van der Waals surface area contributed by atoms with Crippen LogP contribution in [0.25, 0.3) is 0 Å². The van der Waals surface area contributed by atoms with Gasteiger partial charge in [0.2, 0.25) is 0 Å². The topological polar surface area (TPSA) is 49.7 Å². The van der Waals surface area contributed by atoms with Crippen LogP contribution in [0.2, 0.25) is 0 Å². The van der Waals surface area contributed by atoms with E-state index in [1.807, 2.05) is 71.9 Å². The Hall–Kier alpha value is -1.58. The predicted octanol–water partition coefficient (Wildman–Crippen LogP) is 4.95. The third-order valence-electron chi connectivity index (χ3n) is 4.68. The lowest BCUT2D eigenvalue weighted by molar-refractivity contribution is -0.178. The molecule has 132 valence electrons. The Morgan fingerprint density at radius 1 is 0.958 bits per heavy atom. The minimum Gasteiger partial charge on any atom is -0.508 e. The molecule has 1 aliphatic carbocycles. The Morgan fingerprint density at radius 3 is 1.92 bits per heavy atom. The van der Waals surface area contributed by atoms with Crippen LogP contribution in [0.1, 0.15) is 53.0 Å². The molecule has 0 spiro atoms. The Bertz CT molecular complexity index is 657. The minimum atomic E-state index is -1.51. The van der Waals surface area contributed by atoms with Crippen molar-refractivity contribution in [3.05, 3.63) is 58.9 Å². The average Bonchev–Trinajstić information content (AvgIpc) is 2.47. The number of aliphatic hydroxyl groups excluding tert-OH is 1. The van der Waals surface area contributed by atoms with Gasteiger partial charge in [-0.05, 0) is 33.6 Å². The van der Waals surface area contributed by atoms with E-state index in [2.05, 4.69) is 0 Å². The highest BCUT2D eigenvalue weighted by Crippen LogP contribution is 2.54. The number of hydrogen-bond acceptors (Lipinski definition) is 3. The van der Waals surface area contributed by atoms with E-state index in [1.165, 1.54) is 7.11 Å². The van der Waals surface area contributed by atoms with Crippen LogP contribution in [0.4, 0.5) is 0 Å². The first-order chi connectivity index (χ1) is 10.9. The summed E-state index contributed by atoms with van der Waals surface area (Å²) in [5, 5.41) is 22.4. The smallest absolute Gasteiger partial charge is 0.199 e. The summed E-state index contributed by atoms with van der Waals surface area (Å²) in [6.45, 7) is 12.2. The van der Waals surface area contributed by atoms with Crippen molar-refractivity contribution in [2.24, 2.45) is 10.8 Å². The number of allylic oxidation sites excluding steroid dienone is 1. The van der Waals surface area contributed by atoms with E-state index >= 15 is 0 Å². The first-order valence-electron chi connectivity index (χ1n) is 8.41. The van der Waals surface area contributed by atoms with E-state index in [0.29, 0.717) is 5.57 Å². The molecule has 0 bridgehead atoms. The van der Waals surface area contributed by atoms with Crippen molar-refractivity contribution >= 4 is 0 Å². The molecule has 0 amide bonds. The van der Waals surface area contributed by atoms with Crippen LogP contribution < -0.4 is 0 Å². The first-order valence-corrected chi connectivity index (χ1v) is 8.41. The molecule has 1 aromatic carbocycles. The zero-order chi connectivity index (χ0) is 18.3. The second kappa shape index (κ2) is 6.05. The lowest BCUT2D eigenvalue weighted by Gasteiger charge is -2.48. The zero-order valence-electron chi connectivity index (χ0n) is 15.8. The summed E-state index contributed by atoms with van der Waals surface area (Å²) in [5.41, 5.74) is 1.71. The van der Waals surface area contributed by atoms with Gasteiger partial charge in [-0.1, -0.05) is 71.9 Å². The maximum absolute atomic E-state index is 11.6. The van der Waals surface area contributed by atoms with Gasteiger partial charge < -0.3 is 14.9 Å². The molecule has 2 rings (SSSR count). The van der Waals surface area contributed by atoms with Crippen LogP contribution in [0, 0.1) is 10.8 Å². The van der Waals surface area contributed by atoms with Crippen molar-refractivity contribution in [2.75, 3.05) is 7.11 Å². The third-order valence-corrected chi connectivity index (χ3v) is 4.68. The molecule has 1 aliphatic rings. The maximum Gasteiger partial charge on any atom is 0.199 e. The van der Waals surface area contributed by atoms with Gasteiger partial charge in [0.1, 0.15) is 5.76 Å². The Morgan fingerprint density at radius 2 is 1.50 bits per heavy atom. The van der Waals surface area contributed by atoms with Crippen LogP contribution in [-0.2, 0) is 4.74 Å². The van der Waals surface area contributed by atoms with Crippen molar-refractivity contribution in [2.45, 2.75) is 53.2 Å². The van der Waals surface area contributed by atoms with Gasteiger partial charge >= 0.3 is 0 Å². The highest BCUT2D eigenvalue weighted by Gasteiger charge is 2.52. The summed E-state index contributed by atoms with van der Waals surface area (Å²) in [4.78, 5) is 0. The second-order valence-corrected chi connectivity index (χ2v) is 8.60. The molecule has 0 heterocycles. The van der Waals surface area contributed by atoms with E-state index < -0.39 is 11.7 Å². The normalized spacial score (nSPS) is 25.7. The minimum absolute atomic E-state index is 0.225. The van der Waals surface area contributed by atoms with Crippen molar-refractivity contribution in [1.29, 1.82) is 0 Å². The van der Waals surface area contributed by atoms with Crippen molar-refractivity contribution in [1.82, 2.24) is 0 Å². The standard InChI is InChI=1S/C21H30O3/c1-19(2,3)16-13-15(22)18(20(4,5)6)17(21(16,23)24-7)14-11-9-8-10-12-14/h8-13,17,22-23H,1-7H3. The van der Waals surface area contributed by atoms with Crippen LogP contribution in [0.5, 0.6) is 0 Å². The van der Waals surface area contributed by atoms with Gasteiger partial charge in [-0.3, -0.25) is 0 Å². The fraction of sp³-hybridized carbons (Fsp3) is 0.524. The summed E-state index contributed by atoms with van der Waals surface area (Å²) in [6, 6.07) is 9.77. The van der Waals surface area contributed by atoms with Crippen LogP contribution >= 0.6 is 0 Å².